The maximum atomic E-state index is 13.7. The standard InChI is InChI=1S/C36H41N3O3/c1-25-11-13-29(14-12-25)24-39-32-8-4-5-10-33(32)42-34(36(39)41)23-28-15-17-30(18-16-28)35(40)38-21-19-37(20-22-38)31-9-6-7-26(2)27(31)3/h6-7,9,11-18,23,32-33H,4-5,8,10,19-22,24H2,1-3H3/b34-23+. The van der Waals surface area contributed by atoms with Crippen LogP contribution in [0.15, 0.2) is 72.5 Å². The van der Waals surface area contributed by atoms with Gasteiger partial charge in [0.25, 0.3) is 11.8 Å². The Morgan fingerprint density at radius 3 is 2.33 bits per heavy atom. The maximum absolute atomic E-state index is 13.7. The summed E-state index contributed by atoms with van der Waals surface area (Å²) in [6, 6.07) is 22.5. The number of benzene rings is 3. The van der Waals surface area contributed by atoms with Crippen molar-refractivity contribution in [2.45, 2.75) is 65.1 Å². The second-order valence-electron chi connectivity index (χ2n) is 12.1. The zero-order valence-electron chi connectivity index (χ0n) is 25.0. The molecule has 2 saturated heterocycles. The summed E-state index contributed by atoms with van der Waals surface area (Å²) < 4.78 is 6.32. The van der Waals surface area contributed by atoms with Crippen molar-refractivity contribution in [2.24, 2.45) is 0 Å². The van der Waals surface area contributed by atoms with E-state index in [1.807, 2.05) is 40.1 Å². The summed E-state index contributed by atoms with van der Waals surface area (Å²) in [4.78, 5) is 33.3. The van der Waals surface area contributed by atoms with Gasteiger partial charge in [0.1, 0.15) is 6.10 Å². The number of hydrogen-bond donors (Lipinski definition) is 0. The van der Waals surface area contributed by atoms with Crippen LogP contribution in [0.1, 0.15) is 63.9 Å². The van der Waals surface area contributed by atoms with E-state index < -0.39 is 0 Å². The molecule has 6 heteroatoms. The molecule has 2 amide bonds. The molecule has 2 atom stereocenters. The van der Waals surface area contributed by atoms with E-state index in [0.29, 0.717) is 31.0 Å². The van der Waals surface area contributed by atoms with E-state index in [2.05, 4.69) is 68.1 Å². The van der Waals surface area contributed by atoms with Crippen LogP contribution in [-0.4, -0.2) is 59.9 Å². The fraction of sp³-hybridized carbons (Fsp3) is 0.389. The topological polar surface area (TPSA) is 53.1 Å². The Balaban J connectivity index is 1.13. The molecule has 6 rings (SSSR count). The Kier molecular flexibility index (Phi) is 8.05. The number of ether oxygens (including phenoxy) is 1. The molecule has 2 aliphatic heterocycles. The van der Waals surface area contributed by atoms with Crippen molar-refractivity contribution in [3.63, 3.8) is 0 Å². The Labute approximate surface area is 249 Å². The Bertz CT molecular complexity index is 1470. The normalized spacial score (nSPS) is 21.7. The first-order valence-electron chi connectivity index (χ1n) is 15.3. The highest BCUT2D eigenvalue weighted by Gasteiger charge is 2.41. The number of aryl methyl sites for hydroxylation is 2. The molecule has 0 N–H and O–H groups in total. The first-order valence-corrected chi connectivity index (χ1v) is 15.3. The van der Waals surface area contributed by atoms with E-state index in [1.165, 1.54) is 22.4 Å². The number of carbonyl (C=O) groups excluding carboxylic acids is 2. The van der Waals surface area contributed by atoms with Crippen LogP contribution in [0.25, 0.3) is 6.08 Å². The number of piperazine rings is 1. The van der Waals surface area contributed by atoms with Gasteiger partial charge in [-0.25, -0.2) is 0 Å². The Morgan fingerprint density at radius 2 is 1.60 bits per heavy atom. The van der Waals surface area contributed by atoms with E-state index >= 15 is 0 Å². The third-order valence-corrected chi connectivity index (χ3v) is 9.23. The van der Waals surface area contributed by atoms with Gasteiger partial charge in [-0.1, -0.05) is 60.5 Å². The number of morpholine rings is 1. The Morgan fingerprint density at radius 1 is 0.881 bits per heavy atom. The number of rotatable bonds is 5. The van der Waals surface area contributed by atoms with Crippen LogP contribution < -0.4 is 4.90 Å². The second-order valence-corrected chi connectivity index (χ2v) is 12.1. The molecule has 3 aromatic carbocycles. The average molecular weight is 564 g/mol. The molecule has 0 aromatic heterocycles. The van der Waals surface area contributed by atoms with Gasteiger partial charge in [-0.05, 0) is 86.6 Å². The van der Waals surface area contributed by atoms with Crippen molar-refractivity contribution in [1.82, 2.24) is 9.80 Å². The van der Waals surface area contributed by atoms with E-state index in [1.54, 1.807) is 0 Å². The summed E-state index contributed by atoms with van der Waals surface area (Å²) in [6.45, 7) is 10.0. The van der Waals surface area contributed by atoms with Crippen LogP contribution in [0.5, 0.6) is 0 Å². The van der Waals surface area contributed by atoms with Gasteiger partial charge in [-0.15, -0.1) is 0 Å². The second kappa shape index (κ2) is 12.0. The van der Waals surface area contributed by atoms with Gasteiger partial charge in [0.05, 0.1) is 6.04 Å². The highest BCUT2D eigenvalue weighted by Crippen LogP contribution is 2.34. The molecule has 0 spiro atoms. The smallest absolute Gasteiger partial charge is 0.289 e. The first-order chi connectivity index (χ1) is 20.4. The summed E-state index contributed by atoms with van der Waals surface area (Å²) in [5.74, 6) is 0.390. The minimum Gasteiger partial charge on any atom is -0.482 e. The molecule has 42 heavy (non-hydrogen) atoms. The molecular formula is C36H41N3O3. The first kappa shape index (κ1) is 28.1. The minimum absolute atomic E-state index is 0.0243. The monoisotopic (exact) mass is 563 g/mol. The zero-order valence-corrected chi connectivity index (χ0v) is 25.0. The lowest BCUT2D eigenvalue weighted by Crippen LogP contribution is -2.54. The molecule has 2 heterocycles. The van der Waals surface area contributed by atoms with Gasteiger partial charge in [-0.3, -0.25) is 9.59 Å². The average Bonchev–Trinajstić information content (AvgIpc) is 3.02. The highest BCUT2D eigenvalue weighted by molar-refractivity contribution is 5.97. The molecular weight excluding hydrogens is 522 g/mol. The number of hydrogen-bond acceptors (Lipinski definition) is 4. The quantitative estimate of drug-likeness (QED) is 0.343. The summed E-state index contributed by atoms with van der Waals surface area (Å²) >= 11 is 0. The van der Waals surface area contributed by atoms with E-state index in [4.69, 9.17) is 4.74 Å². The zero-order chi connectivity index (χ0) is 29.2. The lowest BCUT2D eigenvalue weighted by Gasteiger charge is -2.44. The largest absolute Gasteiger partial charge is 0.482 e. The third kappa shape index (κ3) is 5.80. The van der Waals surface area contributed by atoms with Crippen molar-refractivity contribution in [3.8, 4) is 0 Å². The summed E-state index contributed by atoms with van der Waals surface area (Å²) in [7, 11) is 0. The fourth-order valence-corrected chi connectivity index (χ4v) is 6.54. The van der Waals surface area contributed by atoms with Crippen molar-refractivity contribution in [1.29, 1.82) is 0 Å². The molecule has 0 bridgehead atoms. The van der Waals surface area contributed by atoms with Crippen LogP contribution in [0.3, 0.4) is 0 Å². The van der Waals surface area contributed by atoms with Gasteiger partial charge >= 0.3 is 0 Å². The van der Waals surface area contributed by atoms with Gasteiger partial charge in [0, 0.05) is 44.0 Å². The molecule has 1 aliphatic carbocycles. The molecule has 6 nitrogen and oxygen atoms in total. The molecule has 0 radical (unpaired) electrons. The lowest BCUT2D eigenvalue weighted by atomic mass is 9.89. The maximum Gasteiger partial charge on any atom is 0.289 e. The number of carbonyl (C=O) groups is 2. The van der Waals surface area contributed by atoms with Gasteiger partial charge < -0.3 is 19.4 Å². The summed E-state index contributed by atoms with van der Waals surface area (Å²) in [6.07, 6.45) is 6.05. The number of nitrogens with zero attached hydrogens (tertiary/aromatic N) is 3. The molecule has 3 aromatic rings. The van der Waals surface area contributed by atoms with E-state index in [-0.39, 0.29) is 24.0 Å². The molecule has 218 valence electrons. The van der Waals surface area contributed by atoms with Crippen molar-refractivity contribution in [2.75, 3.05) is 31.1 Å². The van der Waals surface area contributed by atoms with Crippen LogP contribution in [-0.2, 0) is 16.1 Å². The van der Waals surface area contributed by atoms with Gasteiger partial charge in [-0.2, -0.15) is 0 Å². The van der Waals surface area contributed by atoms with Crippen molar-refractivity contribution >= 4 is 23.6 Å². The number of anilines is 1. The number of fused-ring (bicyclic) bond motifs is 1. The SMILES string of the molecule is Cc1ccc(CN2C(=O)/C(=C\c3ccc(C(=O)N4CCN(c5cccc(C)c5C)CC4)cc3)OC3CCCCC32)cc1. The summed E-state index contributed by atoms with van der Waals surface area (Å²) in [5.41, 5.74) is 7.73. The van der Waals surface area contributed by atoms with Crippen LogP contribution in [0.4, 0.5) is 5.69 Å². The predicted octanol–water partition coefficient (Wildman–Crippen LogP) is 6.29. The number of amides is 2. The van der Waals surface area contributed by atoms with Crippen molar-refractivity contribution in [3.05, 3.63) is 106 Å². The third-order valence-electron chi connectivity index (χ3n) is 9.23. The van der Waals surface area contributed by atoms with Gasteiger partial charge in [0.15, 0.2) is 5.76 Å². The summed E-state index contributed by atoms with van der Waals surface area (Å²) in [5, 5.41) is 0. The van der Waals surface area contributed by atoms with Crippen LogP contribution >= 0.6 is 0 Å². The fourth-order valence-electron chi connectivity index (χ4n) is 6.54. The van der Waals surface area contributed by atoms with Crippen LogP contribution in [0.2, 0.25) is 0 Å². The van der Waals surface area contributed by atoms with Crippen LogP contribution in [0, 0.1) is 20.8 Å². The Hall–Kier alpha value is -4.06. The molecule has 2 unspecified atom stereocenters. The minimum atomic E-state index is -0.0550. The van der Waals surface area contributed by atoms with E-state index in [9.17, 15) is 9.59 Å². The molecule has 1 saturated carbocycles. The van der Waals surface area contributed by atoms with Crippen molar-refractivity contribution < 1.29 is 14.3 Å². The predicted molar refractivity (Wildman–Crippen MR) is 167 cm³/mol. The molecule has 3 aliphatic rings. The van der Waals surface area contributed by atoms with E-state index in [0.717, 1.165) is 49.9 Å². The van der Waals surface area contributed by atoms with Gasteiger partial charge in [0.2, 0.25) is 0 Å². The lowest BCUT2D eigenvalue weighted by molar-refractivity contribution is -0.149. The molecule has 3 fully saturated rings. The highest BCUT2D eigenvalue weighted by atomic mass is 16.5.